The van der Waals surface area contributed by atoms with E-state index in [-0.39, 0.29) is 18.6 Å². The molecule has 2 aliphatic rings. The first kappa shape index (κ1) is 16.1. The predicted molar refractivity (Wildman–Crippen MR) is 97.0 cm³/mol. The summed E-state index contributed by atoms with van der Waals surface area (Å²) in [6.07, 6.45) is 0.311. The molecule has 1 aromatic heterocycles. The highest BCUT2D eigenvalue weighted by Crippen LogP contribution is 2.38. The lowest BCUT2D eigenvalue weighted by molar-refractivity contribution is -0.117. The summed E-state index contributed by atoms with van der Waals surface area (Å²) in [5.74, 6) is 2.07. The molecule has 2 aliphatic heterocycles. The van der Waals surface area contributed by atoms with Crippen molar-refractivity contribution in [2.24, 2.45) is 0 Å². The number of anilines is 1. The number of nitrogens with zero attached hydrogens (tertiary/aromatic N) is 3. The summed E-state index contributed by atoms with van der Waals surface area (Å²) in [6.45, 7) is 0.666. The van der Waals surface area contributed by atoms with Crippen molar-refractivity contribution < 1.29 is 18.8 Å². The second-order valence-electron chi connectivity index (χ2n) is 6.41. The van der Waals surface area contributed by atoms with Gasteiger partial charge in [-0.3, -0.25) is 4.79 Å². The van der Waals surface area contributed by atoms with Gasteiger partial charge in [-0.2, -0.15) is 4.98 Å². The molecule has 27 heavy (non-hydrogen) atoms. The van der Waals surface area contributed by atoms with Crippen LogP contribution in [0.4, 0.5) is 5.69 Å². The Morgan fingerprint density at radius 1 is 1.11 bits per heavy atom. The summed E-state index contributed by atoms with van der Waals surface area (Å²) in [6, 6.07) is 12.7. The minimum absolute atomic E-state index is 0.00127. The van der Waals surface area contributed by atoms with E-state index in [4.69, 9.17) is 25.6 Å². The van der Waals surface area contributed by atoms with Gasteiger partial charge >= 0.3 is 0 Å². The van der Waals surface area contributed by atoms with Crippen molar-refractivity contribution in [3.05, 3.63) is 53.4 Å². The monoisotopic (exact) mass is 383 g/mol. The number of carbonyl (C=O) groups excluding carboxylic acids is 1. The molecule has 1 saturated heterocycles. The fraction of sp³-hybridized carbons (Fsp3) is 0.211. The van der Waals surface area contributed by atoms with Gasteiger partial charge in [-0.15, -0.1) is 0 Å². The standard InChI is InChI=1S/C19H14ClN3O4/c20-13-3-1-2-11(6-13)18-21-19(27-22-18)12-7-17(24)23(9-12)14-4-5-15-16(8-14)26-10-25-15/h1-6,8,12H,7,9-10H2/t12-/m1/s1. The zero-order valence-corrected chi connectivity index (χ0v) is 14.8. The molecule has 1 atom stereocenters. The third-order valence-corrected chi connectivity index (χ3v) is 4.90. The number of halogens is 1. The molecular formula is C19H14ClN3O4. The molecule has 1 amide bonds. The number of hydrogen-bond donors (Lipinski definition) is 0. The second kappa shape index (κ2) is 6.28. The van der Waals surface area contributed by atoms with Crippen LogP contribution in [0.5, 0.6) is 11.5 Å². The SMILES string of the molecule is O=C1C[C@@H](c2nc(-c3cccc(Cl)c3)no2)CN1c1ccc2c(c1)OCO2. The Morgan fingerprint density at radius 2 is 2.00 bits per heavy atom. The first-order valence-electron chi connectivity index (χ1n) is 8.47. The van der Waals surface area contributed by atoms with Gasteiger partial charge in [0.1, 0.15) is 0 Å². The van der Waals surface area contributed by atoms with Crippen LogP contribution in [0.15, 0.2) is 47.0 Å². The molecule has 0 saturated carbocycles. The Hall–Kier alpha value is -3.06. The number of amides is 1. The molecule has 0 spiro atoms. The number of benzene rings is 2. The van der Waals surface area contributed by atoms with E-state index >= 15 is 0 Å². The van der Waals surface area contributed by atoms with Crippen molar-refractivity contribution in [2.45, 2.75) is 12.3 Å². The average molecular weight is 384 g/mol. The van der Waals surface area contributed by atoms with Crippen molar-refractivity contribution in [1.29, 1.82) is 0 Å². The fourth-order valence-electron chi connectivity index (χ4n) is 3.32. The van der Waals surface area contributed by atoms with Crippen LogP contribution in [0, 0.1) is 0 Å². The number of rotatable bonds is 3. The highest BCUT2D eigenvalue weighted by molar-refractivity contribution is 6.30. The topological polar surface area (TPSA) is 77.7 Å². The van der Waals surface area contributed by atoms with E-state index in [2.05, 4.69) is 10.1 Å². The first-order chi connectivity index (χ1) is 13.2. The normalized spacial score (nSPS) is 18.3. The van der Waals surface area contributed by atoms with Crippen molar-refractivity contribution in [1.82, 2.24) is 10.1 Å². The molecule has 3 aromatic rings. The van der Waals surface area contributed by atoms with E-state index in [1.165, 1.54) is 0 Å². The van der Waals surface area contributed by atoms with E-state index in [1.807, 2.05) is 30.3 Å². The van der Waals surface area contributed by atoms with E-state index in [9.17, 15) is 4.79 Å². The lowest BCUT2D eigenvalue weighted by atomic mass is 10.1. The Bertz CT molecular complexity index is 1040. The molecular weight excluding hydrogens is 370 g/mol. The van der Waals surface area contributed by atoms with Crippen LogP contribution in [0.2, 0.25) is 5.02 Å². The minimum Gasteiger partial charge on any atom is -0.454 e. The predicted octanol–water partition coefficient (Wildman–Crippen LogP) is 3.64. The summed E-state index contributed by atoms with van der Waals surface area (Å²) < 4.78 is 16.1. The number of ether oxygens (including phenoxy) is 2. The minimum atomic E-state index is -0.164. The first-order valence-corrected chi connectivity index (χ1v) is 8.85. The quantitative estimate of drug-likeness (QED) is 0.687. The summed E-state index contributed by atoms with van der Waals surface area (Å²) >= 11 is 6.02. The van der Waals surface area contributed by atoms with Gasteiger partial charge in [-0.05, 0) is 24.3 Å². The molecule has 7 nitrogen and oxygen atoms in total. The Morgan fingerprint density at radius 3 is 2.89 bits per heavy atom. The Balaban J connectivity index is 1.38. The second-order valence-corrected chi connectivity index (χ2v) is 6.85. The van der Waals surface area contributed by atoms with Crippen LogP contribution in [-0.2, 0) is 4.79 Å². The molecule has 3 heterocycles. The van der Waals surface area contributed by atoms with E-state index in [1.54, 1.807) is 17.0 Å². The molecule has 136 valence electrons. The summed E-state index contributed by atoms with van der Waals surface area (Å²) in [7, 11) is 0. The van der Waals surface area contributed by atoms with Gasteiger partial charge in [0.25, 0.3) is 0 Å². The van der Waals surface area contributed by atoms with E-state index in [0.717, 1.165) is 11.3 Å². The third kappa shape index (κ3) is 2.90. The summed E-state index contributed by atoms with van der Waals surface area (Å²) in [4.78, 5) is 18.7. The van der Waals surface area contributed by atoms with Gasteiger partial charge in [-0.1, -0.05) is 28.9 Å². The number of aromatic nitrogens is 2. The maximum absolute atomic E-state index is 12.5. The maximum atomic E-state index is 12.5. The van der Waals surface area contributed by atoms with Gasteiger partial charge in [0.15, 0.2) is 11.5 Å². The molecule has 1 fully saturated rings. The molecule has 0 aliphatic carbocycles. The third-order valence-electron chi connectivity index (χ3n) is 4.67. The highest BCUT2D eigenvalue weighted by atomic mass is 35.5. The molecule has 0 N–H and O–H groups in total. The number of fused-ring (bicyclic) bond motifs is 1. The zero-order valence-electron chi connectivity index (χ0n) is 14.1. The van der Waals surface area contributed by atoms with Crippen LogP contribution in [0.3, 0.4) is 0 Å². The Labute approximate surface area is 159 Å². The number of hydrogen-bond acceptors (Lipinski definition) is 6. The van der Waals surface area contributed by atoms with Gasteiger partial charge in [0, 0.05) is 35.3 Å². The fourth-order valence-corrected chi connectivity index (χ4v) is 3.51. The molecule has 8 heteroatoms. The molecule has 0 unspecified atom stereocenters. The van der Waals surface area contributed by atoms with Gasteiger partial charge in [0.05, 0.1) is 5.92 Å². The van der Waals surface area contributed by atoms with Crippen molar-refractivity contribution in [3.63, 3.8) is 0 Å². The van der Waals surface area contributed by atoms with Crippen molar-refractivity contribution in [2.75, 3.05) is 18.2 Å². The van der Waals surface area contributed by atoms with E-state index in [0.29, 0.717) is 41.2 Å². The van der Waals surface area contributed by atoms with Crippen molar-refractivity contribution >= 4 is 23.2 Å². The summed E-state index contributed by atoms with van der Waals surface area (Å²) in [5, 5.41) is 4.63. The molecule has 5 rings (SSSR count). The highest BCUT2D eigenvalue weighted by Gasteiger charge is 2.35. The molecule has 2 aromatic carbocycles. The largest absolute Gasteiger partial charge is 0.454 e. The van der Waals surface area contributed by atoms with Gasteiger partial charge in [0.2, 0.25) is 24.4 Å². The maximum Gasteiger partial charge on any atom is 0.232 e. The van der Waals surface area contributed by atoms with E-state index < -0.39 is 0 Å². The zero-order chi connectivity index (χ0) is 18.4. The van der Waals surface area contributed by atoms with Crippen LogP contribution >= 0.6 is 11.6 Å². The van der Waals surface area contributed by atoms with Crippen LogP contribution < -0.4 is 14.4 Å². The lowest BCUT2D eigenvalue weighted by Crippen LogP contribution is -2.24. The van der Waals surface area contributed by atoms with Gasteiger partial charge in [-0.25, -0.2) is 0 Å². The van der Waals surface area contributed by atoms with Crippen LogP contribution in [0.1, 0.15) is 18.2 Å². The molecule has 0 bridgehead atoms. The van der Waals surface area contributed by atoms with Crippen LogP contribution in [0.25, 0.3) is 11.4 Å². The smallest absolute Gasteiger partial charge is 0.232 e. The number of carbonyl (C=O) groups is 1. The Kier molecular flexibility index (Phi) is 3.75. The lowest BCUT2D eigenvalue weighted by Gasteiger charge is -2.16. The molecule has 0 radical (unpaired) electrons. The van der Waals surface area contributed by atoms with Crippen molar-refractivity contribution in [3.8, 4) is 22.9 Å². The van der Waals surface area contributed by atoms with Crippen LogP contribution in [-0.4, -0.2) is 29.4 Å². The summed E-state index contributed by atoms with van der Waals surface area (Å²) in [5.41, 5.74) is 1.54. The van der Waals surface area contributed by atoms with Gasteiger partial charge < -0.3 is 18.9 Å². The average Bonchev–Trinajstić information content (AvgIpc) is 3.40.